The molecule has 5 N–H and O–H groups in total. The Morgan fingerprint density at radius 3 is 1.48 bits per heavy atom. The highest BCUT2D eigenvalue weighted by molar-refractivity contribution is 7.46. The molecule has 1 fully saturated rings. The number of unbranched alkanes of at least 4 members (excludes halogenated alkanes) is 6. The van der Waals surface area contributed by atoms with Crippen molar-refractivity contribution in [3.05, 3.63) is 32.9 Å². The van der Waals surface area contributed by atoms with Crippen LogP contribution in [0.2, 0.25) is 0 Å². The van der Waals surface area contributed by atoms with Crippen molar-refractivity contribution in [1.29, 1.82) is 0 Å². The maximum atomic E-state index is 13.2. The van der Waals surface area contributed by atoms with Gasteiger partial charge in [0.05, 0.1) is 12.8 Å². The number of H-pyrrole nitrogens is 1. The molecule has 0 aliphatic carbocycles. The normalized spacial score (nSPS) is 19.3. The van der Waals surface area contributed by atoms with Gasteiger partial charge >= 0.3 is 13.5 Å². The van der Waals surface area contributed by atoms with Gasteiger partial charge in [-0.2, -0.15) is 4.39 Å². The number of nitrogens with one attached hydrogen (secondary N) is 1. The number of rotatable bonds is 22. The Balaban J connectivity index is 0.000000738. The molecule has 4 atom stereocenters. The molecule has 0 unspecified atom stereocenters. The number of aromatic amines is 1. The minimum Gasteiger partial charge on any atom is -0.387 e. The Morgan fingerprint density at radius 2 is 1.15 bits per heavy atom. The minimum absolute atomic E-state index is 0.480. The largest absolute Gasteiger partial charge is 0.469 e. The van der Waals surface area contributed by atoms with E-state index in [9.17, 15) is 28.8 Å². The Kier molecular flexibility index (Phi) is 26.4. The van der Waals surface area contributed by atoms with Crippen LogP contribution in [-0.4, -0.2) is 104 Å². The first-order valence-electron chi connectivity index (χ1n) is 18.0. The molecular formula is C33H66FN4O9P. The molecule has 284 valence electrons. The van der Waals surface area contributed by atoms with E-state index in [1.54, 1.807) is 4.98 Å². The summed E-state index contributed by atoms with van der Waals surface area (Å²) < 4.78 is 33.5. The Bertz CT molecular complexity index is 1040. The first-order valence-corrected chi connectivity index (χ1v) is 19.5. The zero-order valence-corrected chi connectivity index (χ0v) is 31.2. The molecule has 15 heteroatoms. The summed E-state index contributed by atoms with van der Waals surface area (Å²) in [5, 5.41) is 19.5. The summed E-state index contributed by atoms with van der Waals surface area (Å²) in [5.74, 6) is -1.32. The maximum Gasteiger partial charge on any atom is 0.469 e. The van der Waals surface area contributed by atoms with E-state index in [4.69, 9.17) is 14.5 Å². The number of aromatic nitrogens is 2. The molecule has 1 saturated heterocycles. The van der Waals surface area contributed by atoms with Gasteiger partial charge in [-0.1, -0.05) is 80.1 Å². The molecule has 0 radical (unpaired) electrons. The molecule has 0 aromatic carbocycles. The van der Waals surface area contributed by atoms with Crippen molar-refractivity contribution in [3.8, 4) is 0 Å². The van der Waals surface area contributed by atoms with Crippen LogP contribution in [-0.2, 0) is 13.8 Å². The molecule has 0 spiro atoms. The second kappa shape index (κ2) is 27.3. The number of phosphoric acid groups is 1. The van der Waals surface area contributed by atoms with E-state index in [2.05, 4.69) is 55.9 Å². The smallest absolute Gasteiger partial charge is 0.387 e. The summed E-state index contributed by atoms with van der Waals surface area (Å²) in [5.41, 5.74) is -2.37. The van der Waals surface area contributed by atoms with E-state index < -0.39 is 56.0 Å². The van der Waals surface area contributed by atoms with Crippen LogP contribution in [0, 0.1) is 5.82 Å². The highest BCUT2D eigenvalue weighted by Crippen LogP contribution is 2.38. The molecule has 1 aromatic rings. The van der Waals surface area contributed by atoms with Gasteiger partial charge in [-0.05, 0) is 77.8 Å². The fourth-order valence-electron chi connectivity index (χ4n) is 4.88. The van der Waals surface area contributed by atoms with Crippen molar-refractivity contribution in [3.63, 3.8) is 0 Å². The van der Waals surface area contributed by atoms with Crippen molar-refractivity contribution in [1.82, 2.24) is 19.4 Å². The van der Waals surface area contributed by atoms with Crippen molar-refractivity contribution >= 4 is 7.82 Å². The Morgan fingerprint density at radius 1 is 0.771 bits per heavy atom. The van der Waals surface area contributed by atoms with E-state index in [1.807, 2.05) is 0 Å². The number of phosphoric ester groups is 1. The molecule has 0 amide bonds. The summed E-state index contributed by atoms with van der Waals surface area (Å²) in [7, 11) is -4.83. The highest BCUT2D eigenvalue weighted by atomic mass is 31.2. The van der Waals surface area contributed by atoms with Gasteiger partial charge in [-0.25, -0.2) is 9.36 Å². The van der Waals surface area contributed by atoms with Crippen LogP contribution < -0.4 is 11.2 Å². The van der Waals surface area contributed by atoms with E-state index in [0.29, 0.717) is 10.8 Å². The monoisotopic (exact) mass is 712 g/mol. The standard InChI is InChI=1S/2C12H27N.C9H12FN2O9P/c2*1-4-7-10-13(11-8-5-2)12-9-6-3;10-3-1-12(9(16)11-7(3)15)8-6(14)5(13)4(21-8)2-20-22(17,18)19/h2*4-12H2,1-3H3;1,4-6,8,13-14H,2H2,(H,11,15,16)(H2,17,18,19)/t;;4-,5-,6-,8-/m..1/s1. The van der Waals surface area contributed by atoms with Gasteiger partial charge in [0.25, 0.3) is 5.56 Å². The van der Waals surface area contributed by atoms with Crippen molar-refractivity contribution in [2.45, 2.75) is 143 Å². The number of halogens is 1. The van der Waals surface area contributed by atoms with Crippen molar-refractivity contribution in [2.75, 3.05) is 45.9 Å². The fourth-order valence-corrected chi connectivity index (χ4v) is 5.22. The molecule has 0 saturated carbocycles. The molecule has 2 rings (SSSR count). The fraction of sp³-hybridized carbons (Fsp3) is 0.879. The van der Waals surface area contributed by atoms with Crippen LogP contribution in [0.5, 0.6) is 0 Å². The number of nitrogens with zero attached hydrogens (tertiary/aromatic N) is 3. The average molecular weight is 713 g/mol. The van der Waals surface area contributed by atoms with E-state index in [0.717, 1.165) is 0 Å². The molecule has 48 heavy (non-hydrogen) atoms. The van der Waals surface area contributed by atoms with E-state index in [1.165, 1.54) is 116 Å². The van der Waals surface area contributed by atoms with Gasteiger partial charge < -0.3 is 34.5 Å². The average Bonchev–Trinajstić information content (AvgIpc) is 3.33. The second-order valence-electron chi connectivity index (χ2n) is 12.3. The molecule has 0 bridgehead atoms. The predicted octanol–water partition coefficient (Wildman–Crippen LogP) is 4.78. The second-order valence-corrected chi connectivity index (χ2v) is 13.5. The first-order chi connectivity index (χ1) is 22.8. The maximum absolute atomic E-state index is 13.2. The summed E-state index contributed by atoms with van der Waals surface area (Å²) in [6.07, 6.45) is 10.3. The number of aliphatic hydroxyl groups is 2. The molecule has 1 aliphatic rings. The van der Waals surface area contributed by atoms with Crippen LogP contribution in [0.3, 0.4) is 0 Å². The lowest BCUT2D eigenvalue weighted by Crippen LogP contribution is -2.38. The number of ether oxygens (including phenoxy) is 1. The van der Waals surface area contributed by atoms with Gasteiger partial charge in [0, 0.05) is 0 Å². The number of hydrogen-bond acceptors (Lipinski definition) is 9. The lowest BCUT2D eigenvalue weighted by molar-refractivity contribution is -0.0547. The quantitative estimate of drug-likeness (QED) is 0.105. The number of aliphatic hydroxyl groups excluding tert-OH is 2. The minimum atomic E-state index is -4.83. The van der Waals surface area contributed by atoms with Crippen molar-refractivity contribution < 1.29 is 38.2 Å². The molecule has 1 aliphatic heterocycles. The lowest BCUT2D eigenvalue weighted by Gasteiger charge is -2.21. The van der Waals surface area contributed by atoms with Gasteiger partial charge in [0.1, 0.15) is 18.3 Å². The summed E-state index contributed by atoms with van der Waals surface area (Å²) >= 11 is 0. The van der Waals surface area contributed by atoms with Crippen LogP contribution in [0.15, 0.2) is 15.8 Å². The summed E-state index contributed by atoms with van der Waals surface area (Å²) in [4.78, 5) is 46.5. The van der Waals surface area contributed by atoms with Crippen LogP contribution >= 0.6 is 7.82 Å². The third-order valence-corrected chi connectivity index (χ3v) is 8.40. The summed E-state index contributed by atoms with van der Waals surface area (Å²) in [6.45, 7) is 20.8. The van der Waals surface area contributed by atoms with Crippen LogP contribution in [0.1, 0.15) is 125 Å². The molecule has 1 aromatic heterocycles. The zero-order chi connectivity index (χ0) is 36.5. The Labute approximate surface area is 287 Å². The topological polar surface area (TPSA) is 178 Å². The third-order valence-electron chi connectivity index (χ3n) is 7.91. The lowest BCUT2D eigenvalue weighted by atomic mass is 10.1. The number of hydrogen-bond donors (Lipinski definition) is 5. The SMILES string of the molecule is CCCCN(CCCC)CCCC.CCCCN(CCCC)CCCC.O=c1[nH]c(=O)n([C@@H]2O[C@H](COP(=O)(O)O)[C@@H](O)[C@H]2O)cc1F. The first kappa shape index (κ1) is 46.5. The van der Waals surface area contributed by atoms with Crippen LogP contribution in [0.25, 0.3) is 0 Å². The van der Waals surface area contributed by atoms with Crippen molar-refractivity contribution in [2.24, 2.45) is 0 Å². The van der Waals surface area contributed by atoms with E-state index >= 15 is 0 Å². The van der Waals surface area contributed by atoms with Gasteiger partial charge in [0.15, 0.2) is 6.23 Å². The van der Waals surface area contributed by atoms with E-state index in [-0.39, 0.29) is 0 Å². The molecular weight excluding hydrogens is 646 g/mol. The molecule has 13 nitrogen and oxygen atoms in total. The summed E-state index contributed by atoms with van der Waals surface area (Å²) in [6, 6.07) is 0. The third kappa shape index (κ3) is 20.3. The Hall–Kier alpha value is -1.48. The molecule has 2 heterocycles. The predicted molar refractivity (Wildman–Crippen MR) is 188 cm³/mol. The van der Waals surface area contributed by atoms with Crippen LogP contribution in [0.4, 0.5) is 4.39 Å². The van der Waals surface area contributed by atoms with Gasteiger partial charge in [0.2, 0.25) is 5.82 Å². The van der Waals surface area contributed by atoms with Gasteiger partial charge in [-0.15, -0.1) is 0 Å². The van der Waals surface area contributed by atoms with Gasteiger partial charge in [-0.3, -0.25) is 18.9 Å². The zero-order valence-electron chi connectivity index (χ0n) is 30.3. The highest BCUT2D eigenvalue weighted by Gasteiger charge is 2.45.